The van der Waals surface area contributed by atoms with Gasteiger partial charge in [0.2, 0.25) is 0 Å². The second-order valence-electron chi connectivity index (χ2n) is 5.67. The van der Waals surface area contributed by atoms with Gasteiger partial charge >= 0.3 is 6.18 Å². The van der Waals surface area contributed by atoms with Crippen LogP contribution in [0.1, 0.15) is 18.1 Å². The van der Waals surface area contributed by atoms with Gasteiger partial charge in [-0.2, -0.15) is 13.2 Å². The maximum atomic E-state index is 13.7. The van der Waals surface area contributed by atoms with Gasteiger partial charge < -0.3 is 10.1 Å². The molecule has 0 spiro atoms. The lowest BCUT2D eigenvalue weighted by Gasteiger charge is -2.16. The van der Waals surface area contributed by atoms with E-state index < -0.39 is 24.6 Å². The molecule has 0 amide bonds. The first-order chi connectivity index (χ1) is 11.3. The Hall–Kier alpha value is -2.08. The minimum atomic E-state index is -4.26. The van der Waals surface area contributed by atoms with Crippen LogP contribution >= 0.6 is 0 Å². The Bertz CT molecular complexity index is 643. The zero-order valence-electron chi connectivity index (χ0n) is 13.2. The Morgan fingerprint density at radius 3 is 2.42 bits per heavy atom. The molecule has 6 heteroatoms. The van der Waals surface area contributed by atoms with Gasteiger partial charge in [0.1, 0.15) is 18.2 Å². The van der Waals surface area contributed by atoms with Crippen molar-refractivity contribution in [3.05, 3.63) is 65.5 Å². The van der Waals surface area contributed by atoms with Gasteiger partial charge in [0.05, 0.1) is 6.54 Å². The summed E-state index contributed by atoms with van der Waals surface area (Å²) in [6.45, 7) is 0.855. The fourth-order valence-electron chi connectivity index (χ4n) is 2.28. The minimum absolute atomic E-state index is 0.273. The van der Waals surface area contributed by atoms with Crippen molar-refractivity contribution in [2.24, 2.45) is 0 Å². The maximum Gasteiger partial charge on any atom is 0.401 e. The molecule has 0 aliphatic carbocycles. The number of halogens is 4. The maximum absolute atomic E-state index is 13.7. The quantitative estimate of drug-likeness (QED) is 0.750. The van der Waals surface area contributed by atoms with E-state index in [0.29, 0.717) is 17.9 Å². The van der Waals surface area contributed by atoms with E-state index in [1.165, 1.54) is 12.1 Å². The molecule has 0 aliphatic rings. The van der Waals surface area contributed by atoms with Gasteiger partial charge in [0.15, 0.2) is 0 Å². The first-order valence-electron chi connectivity index (χ1n) is 7.58. The molecular weight excluding hydrogens is 322 g/mol. The summed E-state index contributed by atoms with van der Waals surface area (Å²) < 4.78 is 55.9. The van der Waals surface area contributed by atoms with Crippen molar-refractivity contribution in [3.8, 4) is 5.75 Å². The van der Waals surface area contributed by atoms with Crippen LogP contribution in [0, 0.1) is 5.82 Å². The summed E-state index contributed by atoms with van der Waals surface area (Å²) in [6.07, 6.45) is -3.99. The topological polar surface area (TPSA) is 21.3 Å². The summed E-state index contributed by atoms with van der Waals surface area (Å²) in [6, 6.07) is 13.2. The molecule has 0 saturated heterocycles. The first-order valence-corrected chi connectivity index (χ1v) is 7.58. The van der Waals surface area contributed by atoms with Crippen molar-refractivity contribution in [1.29, 1.82) is 0 Å². The summed E-state index contributed by atoms with van der Waals surface area (Å²) >= 11 is 0. The van der Waals surface area contributed by atoms with Crippen LogP contribution in [0.4, 0.5) is 17.6 Å². The summed E-state index contributed by atoms with van der Waals surface area (Å²) in [5.74, 6) is -0.115. The molecule has 2 rings (SSSR count). The predicted molar refractivity (Wildman–Crippen MR) is 84.4 cm³/mol. The fourth-order valence-corrected chi connectivity index (χ4v) is 2.28. The van der Waals surface area contributed by atoms with E-state index in [1.54, 1.807) is 13.0 Å². The molecule has 24 heavy (non-hydrogen) atoms. The summed E-state index contributed by atoms with van der Waals surface area (Å²) in [4.78, 5) is 0. The van der Waals surface area contributed by atoms with Crippen LogP contribution in [0.3, 0.4) is 0 Å². The summed E-state index contributed by atoms with van der Waals surface area (Å²) in [5.41, 5.74) is 1.53. The van der Waals surface area contributed by atoms with Crippen LogP contribution in [-0.4, -0.2) is 18.8 Å². The van der Waals surface area contributed by atoms with Crippen molar-refractivity contribution in [2.45, 2.75) is 32.2 Å². The van der Waals surface area contributed by atoms with Crippen molar-refractivity contribution in [3.63, 3.8) is 0 Å². The van der Waals surface area contributed by atoms with Crippen LogP contribution in [0.2, 0.25) is 0 Å². The molecule has 0 fully saturated rings. The van der Waals surface area contributed by atoms with E-state index in [-0.39, 0.29) is 6.42 Å². The Morgan fingerprint density at radius 2 is 1.75 bits per heavy atom. The lowest BCUT2D eigenvalue weighted by Crippen LogP contribution is -2.36. The number of rotatable bonds is 7. The molecule has 0 radical (unpaired) electrons. The molecule has 1 atom stereocenters. The monoisotopic (exact) mass is 341 g/mol. The van der Waals surface area contributed by atoms with E-state index in [2.05, 4.69) is 5.32 Å². The van der Waals surface area contributed by atoms with Crippen molar-refractivity contribution in [2.75, 3.05) is 6.54 Å². The molecule has 0 bridgehead atoms. The van der Waals surface area contributed by atoms with Crippen LogP contribution in [0.25, 0.3) is 0 Å². The van der Waals surface area contributed by atoms with Gasteiger partial charge in [-0.15, -0.1) is 0 Å². The van der Waals surface area contributed by atoms with E-state index in [1.807, 2.05) is 30.3 Å². The van der Waals surface area contributed by atoms with Crippen molar-refractivity contribution >= 4 is 0 Å². The third-order valence-electron chi connectivity index (χ3n) is 3.37. The smallest absolute Gasteiger partial charge is 0.401 e. The number of hydrogen-bond acceptors (Lipinski definition) is 2. The van der Waals surface area contributed by atoms with Crippen LogP contribution in [0.15, 0.2) is 48.5 Å². The molecule has 2 aromatic carbocycles. The van der Waals surface area contributed by atoms with E-state index >= 15 is 0 Å². The summed E-state index contributed by atoms with van der Waals surface area (Å²) in [7, 11) is 0. The third kappa shape index (κ3) is 6.58. The van der Waals surface area contributed by atoms with Crippen molar-refractivity contribution in [1.82, 2.24) is 5.32 Å². The Kier molecular flexibility index (Phi) is 6.20. The Morgan fingerprint density at radius 1 is 1.04 bits per heavy atom. The molecular formula is C18H19F4NO. The molecule has 0 unspecified atom stereocenters. The number of nitrogens with one attached hydrogen (secondary N) is 1. The highest BCUT2D eigenvalue weighted by atomic mass is 19.4. The van der Waals surface area contributed by atoms with Gasteiger partial charge in [0.25, 0.3) is 0 Å². The largest absolute Gasteiger partial charge is 0.489 e. The molecule has 2 aromatic rings. The average Bonchev–Trinajstić information content (AvgIpc) is 2.51. The lowest BCUT2D eigenvalue weighted by atomic mass is 10.1. The highest BCUT2D eigenvalue weighted by Gasteiger charge is 2.27. The number of benzene rings is 2. The number of ether oxygens (including phenoxy) is 1. The Balaban J connectivity index is 1.95. The van der Waals surface area contributed by atoms with Gasteiger partial charge in [0, 0.05) is 12.1 Å². The van der Waals surface area contributed by atoms with Gasteiger partial charge in [-0.1, -0.05) is 30.3 Å². The SMILES string of the molecule is C[C@H](Cc1cc(F)cc(OCc2ccccc2)c1)NCC(F)(F)F. The zero-order chi connectivity index (χ0) is 17.6. The van der Waals surface area contributed by atoms with Gasteiger partial charge in [-0.3, -0.25) is 0 Å². The normalized spacial score (nSPS) is 12.9. The van der Waals surface area contributed by atoms with Crippen LogP contribution < -0.4 is 10.1 Å². The van der Waals surface area contributed by atoms with Crippen LogP contribution in [-0.2, 0) is 13.0 Å². The molecule has 1 N–H and O–H groups in total. The fraction of sp³-hybridized carbons (Fsp3) is 0.333. The zero-order valence-corrected chi connectivity index (χ0v) is 13.2. The van der Waals surface area contributed by atoms with Gasteiger partial charge in [-0.05, 0) is 36.6 Å². The highest BCUT2D eigenvalue weighted by Crippen LogP contribution is 2.19. The predicted octanol–water partition coefficient (Wildman–Crippen LogP) is 4.49. The molecule has 0 heterocycles. The summed E-state index contributed by atoms with van der Waals surface area (Å²) in [5, 5.41) is 2.38. The van der Waals surface area contributed by atoms with E-state index in [4.69, 9.17) is 4.74 Å². The molecule has 0 saturated carbocycles. The molecule has 2 nitrogen and oxygen atoms in total. The highest BCUT2D eigenvalue weighted by molar-refractivity contribution is 5.30. The average molecular weight is 341 g/mol. The first kappa shape index (κ1) is 18.3. The van der Waals surface area contributed by atoms with E-state index in [9.17, 15) is 17.6 Å². The second kappa shape index (κ2) is 8.15. The molecule has 130 valence electrons. The third-order valence-corrected chi connectivity index (χ3v) is 3.37. The van der Waals surface area contributed by atoms with Gasteiger partial charge in [-0.25, -0.2) is 4.39 Å². The molecule has 0 aliphatic heterocycles. The number of hydrogen-bond donors (Lipinski definition) is 1. The minimum Gasteiger partial charge on any atom is -0.489 e. The van der Waals surface area contributed by atoms with E-state index in [0.717, 1.165) is 5.56 Å². The number of alkyl halides is 3. The molecule has 0 aromatic heterocycles. The second-order valence-corrected chi connectivity index (χ2v) is 5.67. The van der Waals surface area contributed by atoms with Crippen molar-refractivity contribution < 1.29 is 22.3 Å². The standard InChI is InChI=1S/C18H19F4NO/c1-13(23-12-18(20,21)22)7-15-8-16(19)10-17(9-15)24-11-14-5-3-2-4-6-14/h2-6,8-10,13,23H,7,11-12H2,1H3/t13-/m1/s1. The van der Waals surface area contributed by atoms with Crippen LogP contribution in [0.5, 0.6) is 5.75 Å². The Labute approximate surface area is 138 Å². The lowest BCUT2D eigenvalue weighted by molar-refractivity contribution is -0.126.